The van der Waals surface area contributed by atoms with Crippen molar-refractivity contribution < 1.29 is 27.8 Å². The van der Waals surface area contributed by atoms with E-state index in [2.05, 4.69) is 16.5 Å². The number of ether oxygens (including phenoxy) is 1. The molecule has 8 nitrogen and oxygen atoms in total. The highest BCUT2D eigenvalue weighted by Gasteiger charge is 2.38. The molecule has 0 bridgehead atoms. The summed E-state index contributed by atoms with van der Waals surface area (Å²) in [6, 6.07) is 11.6. The molecule has 3 heterocycles. The zero-order chi connectivity index (χ0) is 33.2. The molecule has 1 N–H and O–H groups in total. The van der Waals surface area contributed by atoms with Gasteiger partial charge in [-0.15, -0.1) is 0 Å². The van der Waals surface area contributed by atoms with E-state index in [9.17, 15) is 18.7 Å². The number of carbonyl (C=O) groups is 1. The molecule has 3 aromatic carbocycles. The number of nitrogens with zero attached hydrogens (tertiary/aromatic N) is 5. The van der Waals surface area contributed by atoms with Gasteiger partial charge in [-0.05, 0) is 47.5 Å². The Morgan fingerprint density at radius 2 is 1.91 bits per heavy atom. The second kappa shape index (κ2) is 13.7. The van der Waals surface area contributed by atoms with E-state index in [1.165, 1.54) is 12.1 Å². The third-order valence-electron chi connectivity index (χ3n) is 8.23. The van der Waals surface area contributed by atoms with Crippen LogP contribution in [0.1, 0.15) is 27.2 Å². The molecular weight excluding hydrogens is 619 g/mol. The second-order valence-electron chi connectivity index (χ2n) is 11.2. The second-order valence-corrected chi connectivity index (χ2v) is 11.7. The number of benzene rings is 3. The SMILES string of the molecule is C=CC(=O)N1CCN(c2nc(OCCN3CCC(F)(F)C3)nc3c(F)c(-c4cc(O)cc5ccccc45)c(Cl)cc23)CC1C.CC. The molecule has 2 saturated heterocycles. The molecule has 0 radical (unpaired) electrons. The Balaban J connectivity index is 0.00000204. The number of hydrogen-bond donors (Lipinski definition) is 1. The molecule has 12 heteroatoms. The topological polar surface area (TPSA) is 82.0 Å². The van der Waals surface area contributed by atoms with Crippen molar-refractivity contribution in [3.63, 3.8) is 0 Å². The first-order valence-electron chi connectivity index (χ1n) is 15.4. The van der Waals surface area contributed by atoms with Gasteiger partial charge >= 0.3 is 6.01 Å². The van der Waals surface area contributed by atoms with Gasteiger partial charge in [0, 0.05) is 56.1 Å². The van der Waals surface area contributed by atoms with E-state index < -0.39 is 11.7 Å². The Labute approximate surface area is 271 Å². The molecule has 244 valence electrons. The van der Waals surface area contributed by atoms with Crippen molar-refractivity contribution in [2.24, 2.45) is 0 Å². The molecular formula is C34H37ClF3N5O3. The summed E-state index contributed by atoms with van der Waals surface area (Å²) in [4.78, 5) is 26.6. The van der Waals surface area contributed by atoms with E-state index in [0.717, 1.165) is 0 Å². The minimum atomic E-state index is -2.73. The third-order valence-corrected chi connectivity index (χ3v) is 8.53. The standard InChI is InChI=1S/C32H31ClF3N5O3.C2H6/c1-3-26(43)41-11-10-40(17-19(41)2)30-24-16-25(33)27(23-15-21(42)14-20-6-4-5-7-22(20)23)28(34)29(24)37-31(38-30)44-13-12-39-9-8-32(35,36)18-39;1-2/h3-7,14-16,19,42H,1,8-13,17-18H2,2H3;1-2H3. The van der Waals surface area contributed by atoms with E-state index in [4.69, 9.17) is 16.3 Å². The number of phenolic OH excluding ortho intramolecular Hbond substituents is 1. The maximum atomic E-state index is 16.7. The van der Waals surface area contributed by atoms with E-state index in [0.29, 0.717) is 47.2 Å². The molecule has 4 aromatic rings. The van der Waals surface area contributed by atoms with Gasteiger partial charge in [-0.3, -0.25) is 9.69 Å². The van der Waals surface area contributed by atoms with E-state index in [1.54, 1.807) is 21.9 Å². The van der Waals surface area contributed by atoms with Crippen LogP contribution in [0.4, 0.5) is 19.0 Å². The number of alkyl halides is 2. The minimum absolute atomic E-state index is 0.0261. The molecule has 0 spiro atoms. The number of fused-ring (bicyclic) bond motifs is 2. The number of halogens is 4. The predicted octanol–water partition coefficient (Wildman–Crippen LogP) is 6.92. The van der Waals surface area contributed by atoms with Crippen LogP contribution in [0.2, 0.25) is 5.02 Å². The number of aromatic hydroxyl groups is 1. The Hall–Kier alpha value is -4.09. The van der Waals surface area contributed by atoms with Crippen LogP contribution in [-0.4, -0.2) is 88.6 Å². The Morgan fingerprint density at radius 1 is 1.15 bits per heavy atom. The van der Waals surface area contributed by atoms with Crippen molar-refractivity contribution in [1.29, 1.82) is 0 Å². The van der Waals surface area contributed by atoms with Crippen LogP contribution in [0.15, 0.2) is 55.1 Å². The van der Waals surface area contributed by atoms with Gasteiger partial charge in [0.05, 0.1) is 11.6 Å². The van der Waals surface area contributed by atoms with E-state index in [-0.39, 0.29) is 72.5 Å². The Morgan fingerprint density at radius 3 is 2.61 bits per heavy atom. The number of anilines is 1. The third kappa shape index (κ3) is 6.71. The van der Waals surface area contributed by atoms with Crippen LogP contribution in [0.25, 0.3) is 32.8 Å². The van der Waals surface area contributed by atoms with Crippen LogP contribution in [0, 0.1) is 5.82 Å². The lowest BCUT2D eigenvalue weighted by molar-refractivity contribution is -0.128. The normalized spacial score (nSPS) is 18.0. The van der Waals surface area contributed by atoms with Gasteiger partial charge < -0.3 is 19.6 Å². The fourth-order valence-corrected chi connectivity index (χ4v) is 6.37. The lowest BCUT2D eigenvalue weighted by Gasteiger charge is -2.40. The molecule has 1 amide bonds. The van der Waals surface area contributed by atoms with Crippen LogP contribution >= 0.6 is 11.6 Å². The number of amides is 1. The van der Waals surface area contributed by atoms with Crippen LogP contribution in [-0.2, 0) is 4.79 Å². The lowest BCUT2D eigenvalue weighted by Crippen LogP contribution is -2.54. The van der Waals surface area contributed by atoms with Gasteiger partial charge in [0.2, 0.25) is 5.91 Å². The van der Waals surface area contributed by atoms with Gasteiger partial charge in [-0.2, -0.15) is 9.97 Å². The Kier molecular flexibility index (Phi) is 9.93. The summed E-state index contributed by atoms with van der Waals surface area (Å²) in [5.41, 5.74) is 0.422. The zero-order valence-electron chi connectivity index (χ0n) is 26.1. The average molecular weight is 656 g/mol. The number of carbonyl (C=O) groups excluding carboxylic acids is 1. The molecule has 1 atom stereocenters. The maximum Gasteiger partial charge on any atom is 0.319 e. The number of rotatable bonds is 7. The lowest BCUT2D eigenvalue weighted by atomic mass is 9.96. The van der Waals surface area contributed by atoms with Crippen LogP contribution < -0.4 is 9.64 Å². The smallest absolute Gasteiger partial charge is 0.319 e. The van der Waals surface area contributed by atoms with Gasteiger partial charge in [0.15, 0.2) is 5.82 Å². The van der Waals surface area contributed by atoms with Crippen molar-refractivity contribution in [3.8, 4) is 22.9 Å². The molecule has 6 rings (SSSR count). The van der Waals surface area contributed by atoms with Crippen molar-refractivity contribution in [2.45, 2.75) is 39.2 Å². The molecule has 0 saturated carbocycles. The number of phenols is 1. The minimum Gasteiger partial charge on any atom is -0.508 e. The summed E-state index contributed by atoms with van der Waals surface area (Å²) in [6.45, 7) is 10.8. The first kappa shape index (κ1) is 33.3. The number of aromatic nitrogens is 2. The highest BCUT2D eigenvalue weighted by atomic mass is 35.5. The highest BCUT2D eigenvalue weighted by Crippen LogP contribution is 2.42. The maximum absolute atomic E-state index is 16.7. The summed E-state index contributed by atoms with van der Waals surface area (Å²) < 4.78 is 49.9. The van der Waals surface area contributed by atoms with Crippen molar-refractivity contribution >= 4 is 45.0 Å². The molecule has 2 aliphatic heterocycles. The van der Waals surface area contributed by atoms with Crippen molar-refractivity contribution in [1.82, 2.24) is 19.8 Å². The summed E-state index contributed by atoms with van der Waals surface area (Å²) in [5.74, 6) is -3.30. The summed E-state index contributed by atoms with van der Waals surface area (Å²) in [5, 5.41) is 12.3. The van der Waals surface area contributed by atoms with Gasteiger partial charge in [-0.25, -0.2) is 13.2 Å². The highest BCUT2D eigenvalue weighted by molar-refractivity contribution is 6.35. The average Bonchev–Trinajstić information content (AvgIpc) is 3.39. The zero-order valence-corrected chi connectivity index (χ0v) is 26.8. The molecule has 1 unspecified atom stereocenters. The van der Waals surface area contributed by atoms with Gasteiger partial charge in [-0.1, -0.05) is 56.3 Å². The van der Waals surface area contributed by atoms with Crippen LogP contribution in [0.5, 0.6) is 11.8 Å². The van der Waals surface area contributed by atoms with Gasteiger partial charge in [0.1, 0.15) is 23.7 Å². The molecule has 46 heavy (non-hydrogen) atoms. The largest absolute Gasteiger partial charge is 0.508 e. The quantitative estimate of drug-likeness (QED) is 0.217. The number of piperazine rings is 1. The predicted molar refractivity (Wildman–Crippen MR) is 176 cm³/mol. The van der Waals surface area contributed by atoms with Crippen molar-refractivity contribution in [2.75, 3.05) is 50.8 Å². The van der Waals surface area contributed by atoms with E-state index in [1.807, 2.05) is 49.9 Å². The fourth-order valence-electron chi connectivity index (χ4n) is 6.07. The summed E-state index contributed by atoms with van der Waals surface area (Å²) >= 11 is 6.78. The van der Waals surface area contributed by atoms with Crippen LogP contribution in [0.3, 0.4) is 0 Å². The first-order chi connectivity index (χ1) is 22.0. The summed E-state index contributed by atoms with van der Waals surface area (Å²) in [7, 11) is 0. The number of likely N-dealkylation sites (tertiary alicyclic amines) is 1. The van der Waals surface area contributed by atoms with Gasteiger partial charge in [0.25, 0.3) is 5.92 Å². The fraction of sp³-hybridized carbons (Fsp3) is 0.382. The van der Waals surface area contributed by atoms with Crippen molar-refractivity contribution in [3.05, 3.63) is 66.0 Å². The summed E-state index contributed by atoms with van der Waals surface area (Å²) in [6.07, 6.45) is 1.07. The molecule has 1 aromatic heterocycles. The first-order valence-corrected chi connectivity index (χ1v) is 15.8. The number of hydrogen-bond acceptors (Lipinski definition) is 7. The molecule has 0 aliphatic carbocycles. The van der Waals surface area contributed by atoms with E-state index >= 15 is 4.39 Å². The monoisotopic (exact) mass is 655 g/mol. The molecule has 2 aliphatic rings. The molecule has 2 fully saturated rings. The Bertz CT molecular complexity index is 1770.